The average molecular weight is 281 g/mol. The van der Waals surface area contributed by atoms with Gasteiger partial charge in [-0.05, 0) is 20.3 Å². The van der Waals surface area contributed by atoms with Crippen LogP contribution in [0.4, 0.5) is 0 Å². The molecule has 0 spiro atoms. The molecule has 0 radical (unpaired) electrons. The first-order valence-corrected chi connectivity index (χ1v) is 7.06. The fraction of sp³-hybridized carbons (Fsp3) is 1.00. The number of hydrogen-bond donors (Lipinski definition) is 0. The van der Waals surface area contributed by atoms with E-state index in [1.54, 1.807) is 0 Å². The topological polar surface area (TPSA) is 36.9 Å². The molecule has 0 aliphatic carbocycles. The fourth-order valence-corrected chi connectivity index (χ4v) is 1.80. The third kappa shape index (κ3) is 5.41. The molecule has 4 nitrogen and oxygen atoms in total. The number of hydrogen-bond acceptors (Lipinski definition) is 4. The smallest absolute Gasteiger partial charge is 0.162 e. The summed E-state index contributed by atoms with van der Waals surface area (Å²) in [7, 11) is 0. The van der Waals surface area contributed by atoms with E-state index in [4.69, 9.17) is 30.5 Å². The Morgan fingerprint density at radius 2 is 1.67 bits per heavy atom. The van der Waals surface area contributed by atoms with E-state index in [1.807, 2.05) is 13.8 Å². The molecule has 5 heteroatoms. The standard InChI is InChI=1S/C13H25ClO4/c1-4-13(9-16-8-7-15-6-5-14)10-17-12(2,3)18-11-13/h4-11H2,1-3H3. The van der Waals surface area contributed by atoms with Crippen molar-refractivity contribution in [2.24, 2.45) is 5.41 Å². The quantitative estimate of drug-likeness (QED) is 0.505. The monoisotopic (exact) mass is 280 g/mol. The van der Waals surface area contributed by atoms with Crippen LogP contribution < -0.4 is 0 Å². The van der Waals surface area contributed by atoms with Gasteiger partial charge < -0.3 is 18.9 Å². The molecular weight excluding hydrogens is 256 g/mol. The lowest BCUT2D eigenvalue weighted by molar-refractivity contribution is -0.292. The van der Waals surface area contributed by atoms with Crippen LogP contribution in [0.3, 0.4) is 0 Å². The number of rotatable bonds is 8. The van der Waals surface area contributed by atoms with Gasteiger partial charge in [0.25, 0.3) is 0 Å². The highest BCUT2D eigenvalue weighted by Crippen LogP contribution is 2.32. The molecule has 0 N–H and O–H groups in total. The zero-order chi connectivity index (χ0) is 13.5. The maximum atomic E-state index is 5.72. The summed E-state index contributed by atoms with van der Waals surface area (Å²) in [6, 6.07) is 0. The predicted octanol–water partition coefficient (Wildman–Crippen LogP) is 2.44. The van der Waals surface area contributed by atoms with Gasteiger partial charge >= 0.3 is 0 Å². The zero-order valence-corrected chi connectivity index (χ0v) is 12.4. The lowest BCUT2D eigenvalue weighted by Crippen LogP contribution is -2.48. The average Bonchev–Trinajstić information content (AvgIpc) is 2.36. The van der Waals surface area contributed by atoms with Gasteiger partial charge in [-0.15, -0.1) is 11.6 Å². The van der Waals surface area contributed by atoms with Crippen molar-refractivity contribution in [3.05, 3.63) is 0 Å². The van der Waals surface area contributed by atoms with Crippen LogP contribution in [0.5, 0.6) is 0 Å². The van der Waals surface area contributed by atoms with E-state index < -0.39 is 5.79 Å². The minimum Gasteiger partial charge on any atom is -0.378 e. The molecule has 108 valence electrons. The summed E-state index contributed by atoms with van der Waals surface area (Å²) < 4.78 is 22.3. The molecule has 0 aromatic rings. The number of alkyl halides is 1. The molecule has 1 heterocycles. The molecule has 0 atom stereocenters. The van der Waals surface area contributed by atoms with Gasteiger partial charge in [-0.1, -0.05) is 6.92 Å². The van der Waals surface area contributed by atoms with Crippen LogP contribution in [0.2, 0.25) is 0 Å². The molecule has 0 amide bonds. The summed E-state index contributed by atoms with van der Waals surface area (Å²) >= 11 is 5.51. The molecule has 18 heavy (non-hydrogen) atoms. The van der Waals surface area contributed by atoms with Crippen LogP contribution in [-0.4, -0.2) is 51.3 Å². The number of ether oxygens (including phenoxy) is 4. The van der Waals surface area contributed by atoms with Crippen LogP contribution in [0.15, 0.2) is 0 Å². The highest BCUT2D eigenvalue weighted by molar-refractivity contribution is 6.17. The summed E-state index contributed by atoms with van der Waals surface area (Å²) in [6.07, 6.45) is 0.978. The SMILES string of the molecule is CCC1(COCCOCCCl)COC(C)(C)OC1. The molecule has 1 fully saturated rings. The first-order valence-electron chi connectivity index (χ1n) is 6.53. The van der Waals surface area contributed by atoms with E-state index in [1.165, 1.54) is 0 Å². The van der Waals surface area contributed by atoms with Crippen molar-refractivity contribution >= 4 is 11.6 Å². The van der Waals surface area contributed by atoms with Gasteiger partial charge in [0.2, 0.25) is 0 Å². The van der Waals surface area contributed by atoms with E-state index in [2.05, 4.69) is 6.92 Å². The van der Waals surface area contributed by atoms with E-state index in [9.17, 15) is 0 Å². The van der Waals surface area contributed by atoms with Gasteiger partial charge in [0, 0.05) is 11.3 Å². The van der Waals surface area contributed by atoms with Gasteiger partial charge in [0.15, 0.2) is 5.79 Å². The Bertz CT molecular complexity index is 223. The molecule has 0 saturated carbocycles. The third-order valence-electron chi connectivity index (χ3n) is 3.20. The van der Waals surface area contributed by atoms with Crippen LogP contribution in [-0.2, 0) is 18.9 Å². The molecule has 0 aromatic heterocycles. The zero-order valence-electron chi connectivity index (χ0n) is 11.7. The van der Waals surface area contributed by atoms with Crippen LogP contribution in [0, 0.1) is 5.41 Å². The normalized spacial score (nSPS) is 22.0. The Kier molecular flexibility index (Phi) is 6.88. The van der Waals surface area contributed by atoms with E-state index >= 15 is 0 Å². The Labute approximate surface area is 115 Å². The van der Waals surface area contributed by atoms with Crippen LogP contribution >= 0.6 is 11.6 Å². The van der Waals surface area contributed by atoms with Gasteiger partial charge in [-0.2, -0.15) is 0 Å². The second-order valence-corrected chi connectivity index (χ2v) is 5.56. The van der Waals surface area contributed by atoms with Crippen molar-refractivity contribution in [1.29, 1.82) is 0 Å². The van der Waals surface area contributed by atoms with Crippen molar-refractivity contribution in [2.45, 2.75) is 33.0 Å². The first kappa shape index (κ1) is 16.2. The van der Waals surface area contributed by atoms with E-state index in [0.29, 0.717) is 45.5 Å². The maximum Gasteiger partial charge on any atom is 0.162 e. The lowest BCUT2D eigenvalue weighted by Gasteiger charge is -2.42. The molecule has 1 aliphatic rings. The van der Waals surface area contributed by atoms with E-state index in [0.717, 1.165) is 6.42 Å². The summed E-state index contributed by atoms with van der Waals surface area (Å²) in [6.45, 7) is 9.76. The van der Waals surface area contributed by atoms with Crippen molar-refractivity contribution in [1.82, 2.24) is 0 Å². The Morgan fingerprint density at radius 1 is 1.06 bits per heavy atom. The molecule has 0 unspecified atom stereocenters. The Balaban J connectivity index is 2.21. The fourth-order valence-electron chi connectivity index (χ4n) is 1.69. The molecule has 1 rings (SSSR count). The Morgan fingerprint density at radius 3 is 2.22 bits per heavy atom. The first-order chi connectivity index (χ1) is 8.54. The van der Waals surface area contributed by atoms with Gasteiger partial charge in [0.05, 0.1) is 39.6 Å². The van der Waals surface area contributed by atoms with Crippen molar-refractivity contribution in [3.8, 4) is 0 Å². The molecule has 1 aliphatic heterocycles. The summed E-state index contributed by atoms with van der Waals surface area (Å²) in [5, 5.41) is 0. The van der Waals surface area contributed by atoms with Gasteiger partial charge in [0.1, 0.15) is 0 Å². The largest absolute Gasteiger partial charge is 0.378 e. The highest BCUT2D eigenvalue weighted by atomic mass is 35.5. The summed E-state index contributed by atoms with van der Waals surface area (Å²) in [4.78, 5) is 0. The molecular formula is C13H25ClO4. The molecule has 1 saturated heterocycles. The van der Waals surface area contributed by atoms with Gasteiger partial charge in [-0.25, -0.2) is 0 Å². The Hall–Kier alpha value is 0.130. The summed E-state index contributed by atoms with van der Waals surface area (Å²) in [5.74, 6) is 0.0534. The number of halogens is 1. The van der Waals surface area contributed by atoms with Crippen molar-refractivity contribution in [2.75, 3.05) is 45.5 Å². The summed E-state index contributed by atoms with van der Waals surface area (Å²) in [5.41, 5.74) is -0.0258. The van der Waals surface area contributed by atoms with Crippen molar-refractivity contribution in [3.63, 3.8) is 0 Å². The second kappa shape index (κ2) is 7.65. The minimum atomic E-state index is -0.470. The van der Waals surface area contributed by atoms with Crippen molar-refractivity contribution < 1.29 is 18.9 Å². The molecule has 0 bridgehead atoms. The van der Waals surface area contributed by atoms with Gasteiger partial charge in [-0.3, -0.25) is 0 Å². The second-order valence-electron chi connectivity index (χ2n) is 5.18. The predicted molar refractivity (Wildman–Crippen MR) is 71.1 cm³/mol. The van der Waals surface area contributed by atoms with Crippen LogP contribution in [0.1, 0.15) is 27.2 Å². The van der Waals surface area contributed by atoms with Crippen LogP contribution in [0.25, 0.3) is 0 Å². The maximum absolute atomic E-state index is 5.72. The van der Waals surface area contributed by atoms with E-state index in [-0.39, 0.29) is 5.41 Å². The minimum absolute atomic E-state index is 0.0258. The lowest BCUT2D eigenvalue weighted by atomic mass is 9.87. The molecule has 0 aromatic carbocycles. The highest BCUT2D eigenvalue weighted by Gasteiger charge is 2.39. The third-order valence-corrected chi connectivity index (χ3v) is 3.36.